The molecule has 0 bridgehead atoms. The molecule has 0 rings (SSSR count). The number of esters is 3. The van der Waals surface area contributed by atoms with Crippen LogP contribution in [0.5, 0.6) is 0 Å². The van der Waals surface area contributed by atoms with E-state index in [1.807, 2.05) is 12.2 Å². The van der Waals surface area contributed by atoms with Crippen molar-refractivity contribution in [1.82, 2.24) is 0 Å². The Balaban J connectivity index is 4.58. The Morgan fingerprint density at radius 3 is 1.16 bits per heavy atom. The molecule has 0 spiro atoms. The number of hydrogen-bond acceptors (Lipinski definition) is 6. The van der Waals surface area contributed by atoms with Crippen molar-refractivity contribution in [2.45, 2.75) is 200 Å². The summed E-state index contributed by atoms with van der Waals surface area (Å²) >= 11 is 0. The van der Waals surface area contributed by atoms with Crippen LogP contribution in [0.2, 0.25) is 0 Å². The van der Waals surface area contributed by atoms with Crippen LogP contribution in [0.1, 0.15) is 194 Å². The van der Waals surface area contributed by atoms with E-state index in [1.54, 1.807) is 0 Å². The minimum atomic E-state index is -0.838. The zero-order valence-corrected chi connectivity index (χ0v) is 40.7. The van der Waals surface area contributed by atoms with Crippen molar-refractivity contribution < 1.29 is 28.6 Å². The molecule has 0 N–H and O–H groups in total. The largest absolute Gasteiger partial charge is 0.462 e. The Labute approximate surface area is 392 Å². The third-order valence-corrected chi connectivity index (χ3v) is 9.98. The standard InChI is InChI=1S/C58H90O6/c1-4-7-10-13-16-19-22-25-27-29-30-32-33-36-39-42-45-48-51-57(60)63-54-55(53-62-56(59)50-47-44-41-38-35-24-21-18-15-12-9-6-3)64-58(61)52-49-46-43-40-37-34-31-28-26-23-20-17-14-11-8-5-2/h8-9,11-12,16-22,25-30,32,34,37,43,46,55H,4-7,10,13-15,23-24,31,33,35-36,38-42,44-45,47-54H2,1-3H3/b11-8-,12-9-,19-16-,20-17-,21-18-,25-22-,28-26-,29-27-,32-30-,37-34-,46-43-. The number of ether oxygens (including phenoxy) is 3. The maximum atomic E-state index is 12.8. The van der Waals surface area contributed by atoms with Gasteiger partial charge in [0, 0.05) is 19.3 Å². The normalized spacial score (nSPS) is 13.2. The highest BCUT2D eigenvalue weighted by Crippen LogP contribution is 2.12. The topological polar surface area (TPSA) is 78.9 Å². The number of carbonyl (C=O) groups excluding carboxylic acids is 3. The van der Waals surface area contributed by atoms with Crippen LogP contribution in [0.3, 0.4) is 0 Å². The van der Waals surface area contributed by atoms with Gasteiger partial charge in [0.15, 0.2) is 6.10 Å². The highest BCUT2D eigenvalue weighted by Gasteiger charge is 2.19. The van der Waals surface area contributed by atoms with Gasteiger partial charge in [0.1, 0.15) is 13.2 Å². The fourth-order valence-electron chi connectivity index (χ4n) is 6.24. The van der Waals surface area contributed by atoms with Crippen molar-refractivity contribution in [2.75, 3.05) is 13.2 Å². The molecule has 0 saturated carbocycles. The molecule has 64 heavy (non-hydrogen) atoms. The SMILES string of the molecule is CC/C=C\C/C=C\C/C=C\C/C=C\C/C=C\CCC(=O)OC(COC(=O)CCCCCCC\C=C/C=C\C=C/C=C\CCCCC)COC(=O)CCCCCCC/C=C\C/C=C\CC. The van der Waals surface area contributed by atoms with E-state index >= 15 is 0 Å². The average molecular weight is 883 g/mol. The molecule has 358 valence electrons. The molecular formula is C58H90O6. The number of allylic oxidation sites excluding steroid dienone is 22. The second kappa shape index (κ2) is 51.2. The maximum Gasteiger partial charge on any atom is 0.306 e. The smallest absolute Gasteiger partial charge is 0.306 e. The molecule has 0 aliphatic rings. The van der Waals surface area contributed by atoms with Crippen LogP contribution in [0.15, 0.2) is 134 Å². The van der Waals surface area contributed by atoms with Crippen LogP contribution in [0.4, 0.5) is 0 Å². The summed E-state index contributed by atoms with van der Waals surface area (Å²) in [5, 5.41) is 0. The van der Waals surface area contributed by atoms with Crippen molar-refractivity contribution in [3.8, 4) is 0 Å². The quantitative estimate of drug-likeness (QED) is 0.0200. The van der Waals surface area contributed by atoms with Gasteiger partial charge in [-0.15, -0.1) is 0 Å². The van der Waals surface area contributed by atoms with Crippen molar-refractivity contribution in [1.29, 1.82) is 0 Å². The Hall–Kier alpha value is -4.45. The van der Waals surface area contributed by atoms with Gasteiger partial charge in [-0.25, -0.2) is 0 Å². The lowest BCUT2D eigenvalue weighted by molar-refractivity contribution is -0.166. The molecule has 6 heteroatoms. The van der Waals surface area contributed by atoms with Crippen molar-refractivity contribution in [3.05, 3.63) is 134 Å². The van der Waals surface area contributed by atoms with Gasteiger partial charge in [0.05, 0.1) is 0 Å². The summed E-state index contributed by atoms with van der Waals surface area (Å²) in [4.78, 5) is 37.9. The van der Waals surface area contributed by atoms with Crippen molar-refractivity contribution in [3.63, 3.8) is 0 Å². The minimum absolute atomic E-state index is 0.128. The summed E-state index contributed by atoms with van der Waals surface area (Å²) in [6.45, 7) is 6.25. The molecule has 0 aromatic rings. The van der Waals surface area contributed by atoms with Crippen LogP contribution in [-0.2, 0) is 28.6 Å². The fraction of sp³-hybridized carbons (Fsp3) is 0.569. The average Bonchev–Trinajstić information content (AvgIpc) is 3.29. The van der Waals surface area contributed by atoms with Crippen LogP contribution >= 0.6 is 0 Å². The highest BCUT2D eigenvalue weighted by atomic mass is 16.6. The molecular weight excluding hydrogens is 793 g/mol. The summed E-state index contributed by atoms with van der Waals surface area (Å²) < 4.78 is 16.7. The molecule has 0 aromatic heterocycles. The van der Waals surface area contributed by atoms with Gasteiger partial charge in [0.25, 0.3) is 0 Å². The number of carbonyl (C=O) groups is 3. The Kier molecular flexibility index (Phi) is 47.6. The molecule has 0 aromatic carbocycles. The molecule has 0 fully saturated rings. The van der Waals surface area contributed by atoms with Gasteiger partial charge in [-0.3, -0.25) is 14.4 Å². The minimum Gasteiger partial charge on any atom is -0.462 e. The summed E-state index contributed by atoms with van der Waals surface area (Å²) in [6, 6.07) is 0. The lowest BCUT2D eigenvalue weighted by Crippen LogP contribution is -2.30. The summed E-state index contributed by atoms with van der Waals surface area (Å²) in [6.07, 6.45) is 71.6. The molecule has 1 unspecified atom stereocenters. The van der Waals surface area contributed by atoms with E-state index in [9.17, 15) is 14.4 Å². The van der Waals surface area contributed by atoms with E-state index in [0.29, 0.717) is 19.3 Å². The van der Waals surface area contributed by atoms with E-state index < -0.39 is 12.1 Å². The zero-order chi connectivity index (χ0) is 46.5. The monoisotopic (exact) mass is 883 g/mol. The summed E-state index contributed by atoms with van der Waals surface area (Å²) in [5.74, 6) is -1.06. The highest BCUT2D eigenvalue weighted by molar-refractivity contribution is 5.71. The number of unbranched alkanes of at least 4 members (excludes halogenated alkanes) is 13. The first-order valence-corrected chi connectivity index (χ1v) is 25.2. The molecule has 1 atom stereocenters. The predicted octanol–water partition coefficient (Wildman–Crippen LogP) is 16.7. The molecule has 0 saturated heterocycles. The third-order valence-electron chi connectivity index (χ3n) is 9.98. The molecule has 0 aliphatic carbocycles. The van der Waals surface area contributed by atoms with Gasteiger partial charge in [-0.2, -0.15) is 0 Å². The van der Waals surface area contributed by atoms with Gasteiger partial charge in [-0.1, -0.05) is 206 Å². The first-order chi connectivity index (χ1) is 31.5. The van der Waals surface area contributed by atoms with Crippen LogP contribution in [0.25, 0.3) is 0 Å². The van der Waals surface area contributed by atoms with E-state index in [2.05, 4.69) is 142 Å². The molecule has 0 radical (unpaired) electrons. The zero-order valence-electron chi connectivity index (χ0n) is 40.7. The summed E-state index contributed by atoms with van der Waals surface area (Å²) in [5.41, 5.74) is 0. The van der Waals surface area contributed by atoms with Gasteiger partial charge >= 0.3 is 17.9 Å². The van der Waals surface area contributed by atoms with E-state index in [-0.39, 0.29) is 31.6 Å². The molecule has 0 amide bonds. The van der Waals surface area contributed by atoms with Gasteiger partial charge in [0.2, 0.25) is 0 Å². The Morgan fingerprint density at radius 1 is 0.344 bits per heavy atom. The maximum absolute atomic E-state index is 12.8. The fourth-order valence-corrected chi connectivity index (χ4v) is 6.24. The van der Waals surface area contributed by atoms with Crippen LogP contribution in [-0.4, -0.2) is 37.2 Å². The Morgan fingerprint density at radius 2 is 0.703 bits per heavy atom. The summed E-state index contributed by atoms with van der Waals surface area (Å²) in [7, 11) is 0. The van der Waals surface area contributed by atoms with E-state index in [0.717, 1.165) is 128 Å². The second-order valence-corrected chi connectivity index (χ2v) is 16.0. The Bertz CT molecular complexity index is 1430. The predicted molar refractivity (Wildman–Crippen MR) is 274 cm³/mol. The van der Waals surface area contributed by atoms with Crippen LogP contribution < -0.4 is 0 Å². The number of rotatable bonds is 43. The third kappa shape index (κ3) is 48.6. The van der Waals surface area contributed by atoms with Crippen LogP contribution in [0, 0.1) is 0 Å². The lowest BCUT2D eigenvalue weighted by Gasteiger charge is -2.18. The molecule has 0 heterocycles. The molecule has 6 nitrogen and oxygen atoms in total. The van der Waals surface area contributed by atoms with Crippen molar-refractivity contribution >= 4 is 17.9 Å². The first-order valence-electron chi connectivity index (χ1n) is 25.2. The second-order valence-electron chi connectivity index (χ2n) is 16.0. The van der Waals surface area contributed by atoms with Gasteiger partial charge in [-0.05, 0) is 103 Å². The first kappa shape index (κ1) is 59.5. The lowest BCUT2D eigenvalue weighted by atomic mass is 10.1. The van der Waals surface area contributed by atoms with E-state index in [1.165, 1.54) is 19.3 Å². The molecule has 0 aliphatic heterocycles. The van der Waals surface area contributed by atoms with Crippen molar-refractivity contribution in [2.24, 2.45) is 0 Å². The van der Waals surface area contributed by atoms with Gasteiger partial charge < -0.3 is 14.2 Å². The number of hydrogen-bond donors (Lipinski definition) is 0. The van der Waals surface area contributed by atoms with E-state index in [4.69, 9.17) is 14.2 Å².